The van der Waals surface area contributed by atoms with Gasteiger partial charge in [0.2, 0.25) is 5.82 Å². The van der Waals surface area contributed by atoms with E-state index in [-0.39, 0.29) is 30.5 Å². The zero-order chi connectivity index (χ0) is 13.5. The molecule has 6 N–H and O–H groups in total. The number of hydrogen-bond donors (Lipinski definition) is 4. The van der Waals surface area contributed by atoms with E-state index in [2.05, 4.69) is 20.5 Å². The van der Waals surface area contributed by atoms with E-state index in [9.17, 15) is 14.9 Å². The van der Waals surface area contributed by atoms with Crippen molar-refractivity contribution in [2.75, 3.05) is 23.9 Å². The number of carbonyl (C=O) groups is 1. The van der Waals surface area contributed by atoms with Gasteiger partial charge in [-0.05, 0) is 6.07 Å². The van der Waals surface area contributed by atoms with Crippen LogP contribution in [0.4, 0.5) is 22.1 Å². The van der Waals surface area contributed by atoms with Crippen molar-refractivity contribution in [3.63, 3.8) is 0 Å². The molecule has 1 amide bonds. The summed E-state index contributed by atoms with van der Waals surface area (Å²) in [6.45, 7) is 0.0965. The second-order valence-corrected chi connectivity index (χ2v) is 3.06. The Balaban J connectivity index is 2.71. The number of rotatable bonds is 6. The third-order valence-corrected chi connectivity index (χ3v) is 1.86. The van der Waals surface area contributed by atoms with Crippen molar-refractivity contribution in [1.29, 1.82) is 0 Å². The number of ether oxygens (including phenoxy) is 1. The molecule has 10 heteroatoms. The molecule has 0 unspecified atom stereocenters. The van der Waals surface area contributed by atoms with Gasteiger partial charge >= 0.3 is 11.8 Å². The van der Waals surface area contributed by atoms with E-state index >= 15 is 0 Å². The predicted octanol–water partition coefficient (Wildman–Crippen LogP) is -0.217. The van der Waals surface area contributed by atoms with Gasteiger partial charge in [0.25, 0.3) is 0 Å². The molecule has 0 aliphatic carbocycles. The lowest BCUT2D eigenvalue weighted by molar-refractivity contribution is -0.384. The van der Waals surface area contributed by atoms with Gasteiger partial charge in [0.05, 0.1) is 11.5 Å². The van der Waals surface area contributed by atoms with E-state index in [4.69, 9.17) is 11.6 Å². The highest BCUT2D eigenvalue weighted by molar-refractivity contribution is 5.64. The fraction of sp³-hybridized carbons (Fsp3) is 0.250. The van der Waals surface area contributed by atoms with Gasteiger partial charge in [0.1, 0.15) is 12.4 Å². The number of carbonyl (C=O) groups excluding carboxylic acids is 1. The van der Waals surface area contributed by atoms with Crippen LogP contribution in [0, 0.1) is 10.1 Å². The molecule has 1 aromatic heterocycles. The SMILES string of the molecule is NNc1ccc([N+](=O)[O-])c(NCCOC(N)=O)n1. The fourth-order valence-electron chi connectivity index (χ4n) is 1.13. The number of hydrogen-bond acceptors (Lipinski definition) is 8. The molecule has 1 rings (SSSR count). The van der Waals surface area contributed by atoms with Gasteiger partial charge in [-0.25, -0.2) is 15.6 Å². The smallest absolute Gasteiger partial charge is 0.404 e. The van der Waals surface area contributed by atoms with E-state index in [0.29, 0.717) is 0 Å². The molecule has 0 saturated heterocycles. The van der Waals surface area contributed by atoms with E-state index in [0.717, 1.165) is 0 Å². The third kappa shape index (κ3) is 3.75. The van der Waals surface area contributed by atoms with Crippen LogP contribution in [0.1, 0.15) is 0 Å². The van der Waals surface area contributed by atoms with Gasteiger partial charge in [0, 0.05) is 6.07 Å². The van der Waals surface area contributed by atoms with Crippen molar-refractivity contribution in [3.8, 4) is 0 Å². The third-order valence-electron chi connectivity index (χ3n) is 1.86. The van der Waals surface area contributed by atoms with Crippen LogP contribution in [0.3, 0.4) is 0 Å². The first-order valence-corrected chi connectivity index (χ1v) is 4.82. The molecule has 1 heterocycles. The van der Waals surface area contributed by atoms with E-state index in [1.54, 1.807) is 0 Å². The van der Waals surface area contributed by atoms with E-state index in [1.165, 1.54) is 12.1 Å². The van der Waals surface area contributed by atoms with Crippen molar-refractivity contribution in [1.82, 2.24) is 4.98 Å². The molecule has 98 valence electrons. The maximum Gasteiger partial charge on any atom is 0.404 e. The summed E-state index contributed by atoms with van der Waals surface area (Å²) in [7, 11) is 0. The molecule has 0 atom stereocenters. The Bertz CT molecular complexity index is 451. The summed E-state index contributed by atoms with van der Waals surface area (Å²) in [5.41, 5.74) is 6.80. The molecule has 18 heavy (non-hydrogen) atoms. The van der Waals surface area contributed by atoms with Crippen LogP contribution in [0.2, 0.25) is 0 Å². The summed E-state index contributed by atoms with van der Waals surface area (Å²) in [5.74, 6) is 5.42. The first-order valence-electron chi connectivity index (χ1n) is 4.82. The molecular weight excluding hydrogens is 244 g/mol. The first kappa shape index (κ1) is 13.4. The number of nitrogens with two attached hydrogens (primary N) is 2. The molecule has 10 nitrogen and oxygen atoms in total. The average Bonchev–Trinajstić information content (AvgIpc) is 2.33. The highest BCUT2D eigenvalue weighted by Gasteiger charge is 2.15. The maximum absolute atomic E-state index is 10.7. The molecule has 0 aliphatic heterocycles. The summed E-state index contributed by atoms with van der Waals surface area (Å²) in [6.07, 6.45) is -0.920. The Morgan fingerprint density at radius 3 is 2.83 bits per heavy atom. The van der Waals surface area contributed by atoms with E-state index in [1.807, 2.05) is 0 Å². The van der Waals surface area contributed by atoms with Crippen LogP contribution >= 0.6 is 0 Å². The second-order valence-electron chi connectivity index (χ2n) is 3.06. The fourth-order valence-corrected chi connectivity index (χ4v) is 1.13. The summed E-state index contributed by atoms with van der Waals surface area (Å²) in [6, 6.07) is 2.61. The van der Waals surface area contributed by atoms with Crippen molar-refractivity contribution in [3.05, 3.63) is 22.2 Å². The Morgan fingerprint density at radius 1 is 1.56 bits per heavy atom. The number of anilines is 2. The van der Waals surface area contributed by atoms with Crippen LogP contribution in [0.15, 0.2) is 12.1 Å². The van der Waals surface area contributed by atoms with Crippen LogP contribution in [0.5, 0.6) is 0 Å². The molecule has 0 radical (unpaired) electrons. The highest BCUT2D eigenvalue weighted by atomic mass is 16.6. The van der Waals surface area contributed by atoms with Crippen molar-refractivity contribution in [2.24, 2.45) is 11.6 Å². The lowest BCUT2D eigenvalue weighted by Crippen LogP contribution is -2.19. The van der Waals surface area contributed by atoms with Crippen molar-refractivity contribution in [2.45, 2.75) is 0 Å². The number of hydrazine groups is 1. The number of aromatic nitrogens is 1. The zero-order valence-electron chi connectivity index (χ0n) is 9.25. The molecule has 0 fully saturated rings. The summed E-state index contributed by atoms with van der Waals surface area (Å²) >= 11 is 0. The number of nitrogen functional groups attached to an aromatic ring is 1. The van der Waals surface area contributed by atoms with Crippen LogP contribution < -0.4 is 22.3 Å². The van der Waals surface area contributed by atoms with Gasteiger partial charge in [0.15, 0.2) is 0 Å². The number of nitrogens with zero attached hydrogens (tertiary/aromatic N) is 2. The zero-order valence-corrected chi connectivity index (χ0v) is 9.25. The standard InChI is InChI=1S/C8H12N6O4/c9-8(15)18-4-3-11-7-5(14(16)17)1-2-6(12-7)13-10/h1-2H,3-4,10H2,(H2,9,15)(H2,11,12,13). The molecule has 0 bridgehead atoms. The predicted molar refractivity (Wildman–Crippen MR) is 62.7 cm³/mol. The Kier molecular flexibility index (Phi) is 4.63. The molecule has 1 aromatic rings. The van der Waals surface area contributed by atoms with Crippen LogP contribution in [-0.4, -0.2) is 29.2 Å². The number of nitro groups is 1. The molecule has 0 spiro atoms. The minimum atomic E-state index is -0.920. The van der Waals surface area contributed by atoms with Gasteiger partial charge in [-0.2, -0.15) is 0 Å². The highest BCUT2D eigenvalue weighted by Crippen LogP contribution is 2.23. The maximum atomic E-state index is 10.7. The minimum absolute atomic E-state index is 0.0171. The Hall–Kier alpha value is -2.62. The summed E-state index contributed by atoms with van der Waals surface area (Å²) in [5, 5.41) is 13.4. The number of pyridine rings is 1. The molecule has 0 saturated carbocycles. The van der Waals surface area contributed by atoms with Gasteiger partial charge in [-0.1, -0.05) is 0 Å². The van der Waals surface area contributed by atoms with E-state index < -0.39 is 11.0 Å². The Morgan fingerprint density at radius 2 is 2.28 bits per heavy atom. The first-order chi connectivity index (χ1) is 8.54. The topological polar surface area (TPSA) is 158 Å². The summed E-state index contributed by atoms with van der Waals surface area (Å²) < 4.78 is 4.46. The van der Waals surface area contributed by atoms with Gasteiger partial charge in [-0.15, -0.1) is 0 Å². The molecular formula is C8H12N6O4. The van der Waals surface area contributed by atoms with Crippen molar-refractivity contribution < 1.29 is 14.5 Å². The number of primary amides is 1. The van der Waals surface area contributed by atoms with Crippen LogP contribution in [-0.2, 0) is 4.74 Å². The minimum Gasteiger partial charge on any atom is -0.448 e. The largest absolute Gasteiger partial charge is 0.448 e. The van der Waals surface area contributed by atoms with Gasteiger partial charge in [-0.3, -0.25) is 10.1 Å². The average molecular weight is 256 g/mol. The monoisotopic (exact) mass is 256 g/mol. The molecule has 0 aliphatic rings. The quantitative estimate of drug-likeness (QED) is 0.235. The second kappa shape index (κ2) is 6.20. The normalized spacial score (nSPS) is 9.61. The summed E-state index contributed by atoms with van der Waals surface area (Å²) in [4.78, 5) is 24.3. The lowest BCUT2D eigenvalue weighted by atomic mass is 10.3. The number of amides is 1. The van der Waals surface area contributed by atoms with Crippen LogP contribution in [0.25, 0.3) is 0 Å². The molecule has 0 aromatic carbocycles. The van der Waals surface area contributed by atoms with Gasteiger partial charge < -0.3 is 21.2 Å². The Labute approximate surface area is 101 Å². The number of nitrogens with one attached hydrogen (secondary N) is 2. The van der Waals surface area contributed by atoms with Crippen molar-refractivity contribution >= 4 is 23.4 Å². The lowest BCUT2D eigenvalue weighted by Gasteiger charge is -2.07.